The van der Waals surface area contributed by atoms with Gasteiger partial charge in [-0.3, -0.25) is 4.98 Å². The highest BCUT2D eigenvalue weighted by molar-refractivity contribution is 5.35. The normalized spacial score (nSPS) is 12.9. The largest absolute Gasteiger partial charge is 0.506 e. The number of aromatic hydroxyl groups is 1. The predicted molar refractivity (Wildman–Crippen MR) is 49.3 cm³/mol. The van der Waals surface area contributed by atoms with Crippen LogP contribution in [0.1, 0.15) is 37.4 Å². The maximum absolute atomic E-state index is 9.64. The van der Waals surface area contributed by atoms with E-state index in [1.165, 1.54) is 0 Å². The summed E-state index contributed by atoms with van der Waals surface area (Å²) in [5.74, 6) is 0.691. The molecule has 12 heavy (non-hydrogen) atoms. The zero-order valence-corrected chi connectivity index (χ0v) is 7.83. The van der Waals surface area contributed by atoms with E-state index in [0.29, 0.717) is 11.7 Å². The van der Waals surface area contributed by atoms with Crippen LogP contribution >= 0.6 is 0 Å². The van der Waals surface area contributed by atoms with Gasteiger partial charge in [0.1, 0.15) is 5.75 Å². The van der Waals surface area contributed by atoms with Crippen molar-refractivity contribution in [3.63, 3.8) is 0 Å². The van der Waals surface area contributed by atoms with E-state index in [-0.39, 0.29) is 0 Å². The Labute approximate surface area is 73.3 Å². The molecule has 0 radical (unpaired) electrons. The van der Waals surface area contributed by atoms with Crippen molar-refractivity contribution in [1.82, 2.24) is 4.98 Å². The van der Waals surface area contributed by atoms with E-state index in [4.69, 9.17) is 0 Å². The first-order valence-electron chi connectivity index (χ1n) is 4.31. The van der Waals surface area contributed by atoms with Crippen LogP contribution in [0.3, 0.4) is 0 Å². The number of nitrogens with zero attached hydrogens (tertiary/aromatic N) is 1. The van der Waals surface area contributed by atoms with Crippen molar-refractivity contribution >= 4 is 0 Å². The highest BCUT2D eigenvalue weighted by atomic mass is 16.3. The first kappa shape index (κ1) is 9.04. The smallest absolute Gasteiger partial charge is 0.140 e. The quantitative estimate of drug-likeness (QED) is 0.730. The fourth-order valence-electron chi connectivity index (χ4n) is 1.13. The van der Waals surface area contributed by atoms with E-state index < -0.39 is 0 Å². The molecule has 1 heterocycles. The minimum absolute atomic E-state index is 0.338. The minimum Gasteiger partial charge on any atom is -0.506 e. The molecule has 1 rings (SSSR count). The van der Waals surface area contributed by atoms with Crippen LogP contribution in [-0.2, 0) is 0 Å². The van der Waals surface area contributed by atoms with Gasteiger partial charge in [-0.05, 0) is 25.0 Å². The second kappa shape index (κ2) is 3.57. The third kappa shape index (κ3) is 1.58. The minimum atomic E-state index is 0.338. The van der Waals surface area contributed by atoms with E-state index >= 15 is 0 Å². The third-order valence-corrected chi connectivity index (χ3v) is 2.23. The Balaban J connectivity index is 3.07. The van der Waals surface area contributed by atoms with Crippen molar-refractivity contribution in [2.75, 3.05) is 0 Å². The average Bonchev–Trinajstić information content (AvgIpc) is 2.08. The summed E-state index contributed by atoms with van der Waals surface area (Å²) in [7, 11) is 0. The van der Waals surface area contributed by atoms with Gasteiger partial charge in [-0.25, -0.2) is 0 Å². The van der Waals surface area contributed by atoms with Gasteiger partial charge in [0, 0.05) is 12.1 Å². The topological polar surface area (TPSA) is 33.1 Å². The number of aromatic nitrogens is 1. The number of rotatable bonds is 2. The predicted octanol–water partition coefficient (Wildman–Crippen LogP) is 2.61. The fraction of sp³-hybridized carbons (Fsp3) is 0.500. The lowest BCUT2D eigenvalue weighted by molar-refractivity contribution is 0.452. The Morgan fingerprint density at radius 1 is 1.58 bits per heavy atom. The van der Waals surface area contributed by atoms with Crippen molar-refractivity contribution in [3.05, 3.63) is 23.5 Å². The lowest BCUT2D eigenvalue weighted by atomic mass is 10.0. The molecule has 1 N–H and O–H groups in total. The van der Waals surface area contributed by atoms with E-state index in [0.717, 1.165) is 17.7 Å². The molecule has 1 aromatic rings. The molecule has 0 bridgehead atoms. The standard InChI is InChI=1S/C10H15NO/c1-4-7(2)9-10(12)8(3)5-6-11-9/h5-7,12H,4H2,1-3H3. The maximum atomic E-state index is 9.64. The number of aryl methyl sites for hydroxylation is 1. The summed E-state index contributed by atoms with van der Waals surface area (Å²) in [4.78, 5) is 4.16. The van der Waals surface area contributed by atoms with E-state index in [1.54, 1.807) is 6.20 Å². The van der Waals surface area contributed by atoms with Gasteiger partial charge in [0.2, 0.25) is 0 Å². The highest BCUT2D eigenvalue weighted by Crippen LogP contribution is 2.27. The second-order valence-corrected chi connectivity index (χ2v) is 3.17. The Morgan fingerprint density at radius 3 is 2.83 bits per heavy atom. The van der Waals surface area contributed by atoms with Crippen LogP contribution in [0.4, 0.5) is 0 Å². The van der Waals surface area contributed by atoms with Crippen LogP contribution in [0.2, 0.25) is 0 Å². The summed E-state index contributed by atoms with van der Waals surface area (Å²) in [6.07, 6.45) is 2.75. The summed E-state index contributed by atoms with van der Waals surface area (Å²) in [5, 5.41) is 9.64. The number of pyridine rings is 1. The average molecular weight is 165 g/mol. The number of hydrogen-bond acceptors (Lipinski definition) is 2. The van der Waals surface area contributed by atoms with Gasteiger partial charge in [0.05, 0.1) is 5.69 Å². The van der Waals surface area contributed by atoms with E-state index in [2.05, 4.69) is 18.8 Å². The van der Waals surface area contributed by atoms with Gasteiger partial charge >= 0.3 is 0 Å². The lowest BCUT2D eigenvalue weighted by Gasteiger charge is -2.10. The van der Waals surface area contributed by atoms with Crippen molar-refractivity contribution in [3.8, 4) is 5.75 Å². The zero-order chi connectivity index (χ0) is 9.14. The molecule has 2 nitrogen and oxygen atoms in total. The maximum Gasteiger partial charge on any atom is 0.140 e. The van der Waals surface area contributed by atoms with E-state index in [9.17, 15) is 5.11 Å². The molecule has 0 saturated carbocycles. The van der Waals surface area contributed by atoms with Crippen molar-refractivity contribution in [2.45, 2.75) is 33.1 Å². The zero-order valence-electron chi connectivity index (χ0n) is 7.83. The second-order valence-electron chi connectivity index (χ2n) is 3.17. The van der Waals surface area contributed by atoms with Crippen LogP contribution in [0, 0.1) is 6.92 Å². The van der Waals surface area contributed by atoms with Gasteiger partial charge in [0.15, 0.2) is 0 Å². The Kier molecular flexibility index (Phi) is 2.69. The van der Waals surface area contributed by atoms with Gasteiger partial charge < -0.3 is 5.11 Å². The molecule has 1 aromatic heterocycles. The van der Waals surface area contributed by atoms with Gasteiger partial charge in [0.25, 0.3) is 0 Å². The molecule has 0 amide bonds. The molecule has 0 spiro atoms. The molecule has 0 fully saturated rings. The van der Waals surface area contributed by atoms with E-state index in [1.807, 2.05) is 13.0 Å². The molecule has 0 aliphatic rings. The van der Waals surface area contributed by atoms with Gasteiger partial charge in [-0.2, -0.15) is 0 Å². The Bertz CT molecular complexity index is 271. The summed E-state index contributed by atoms with van der Waals surface area (Å²) < 4.78 is 0. The molecule has 66 valence electrons. The van der Waals surface area contributed by atoms with Crippen LogP contribution in [-0.4, -0.2) is 10.1 Å². The lowest BCUT2D eigenvalue weighted by Crippen LogP contribution is -1.96. The van der Waals surface area contributed by atoms with Crippen molar-refractivity contribution in [1.29, 1.82) is 0 Å². The molecular weight excluding hydrogens is 150 g/mol. The van der Waals surface area contributed by atoms with Crippen LogP contribution in [0.15, 0.2) is 12.3 Å². The Hall–Kier alpha value is -1.05. The fourth-order valence-corrected chi connectivity index (χ4v) is 1.13. The molecule has 2 heteroatoms. The van der Waals surface area contributed by atoms with Crippen molar-refractivity contribution < 1.29 is 5.11 Å². The highest BCUT2D eigenvalue weighted by Gasteiger charge is 2.10. The Morgan fingerprint density at radius 2 is 2.25 bits per heavy atom. The molecule has 0 aromatic carbocycles. The molecule has 0 saturated heterocycles. The van der Waals surface area contributed by atoms with Crippen molar-refractivity contribution in [2.24, 2.45) is 0 Å². The first-order chi connectivity index (χ1) is 5.66. The molecule has 1 unspecified atom stereocenters. The summed E-state index contributed by atoms with van der Waals surface area (Å²) >= 11 is 0. The monoisotopic (exact) mass is 165 g/mol. The SMILES string of the molecule is CCC(C)c1nccc(C)c1O. The summed E-state index contributed by atoms with van der Waals surface area (Å²) in [5.41, 5.74) is 1.72. The van der Waals surface area contributed by atoms with Gasteiger partial charge in [-0.1, -0.05) is 13.8 Å². The van der Waals surface area contributed by atoms with Crippen LogP contribution in [0.5, 0.6) is 5.75 Å². The molecule has 1 atom stereocenters. The molecule has 0 aliphatic heterocycles. The third-order valence-electron chi connectivity index (χ3n) is 2.23. The first-order valence-corrected chi connectivity index (χ1v) is 4.31. The summed E-state index contributed by atoms with van der Waals surface area (Å²) in [6.45, 7) is 6.05. The number of hydrogen-bond donors (Lipinski definition) is 1. The molecule has 0 aliphatic carbocycles. The van der Waals surface area contributed by atoms with Gasteiger partial charge in [-0.15, -0.1) is 0 Å². The summed E-state index contributed by atoms with van der Waals surface area (Å²) in [6, 6.07) is 1.82. The van der Waals surface area contributed by atoms with Crippen LogP contribution < -0.4 is 0 Å². The molecular formula is C10H15NO. The van der Waals surface area contributed by atoms with Crippen LogP contribution in [0.25, 0.3) is 0 Å².